The Kier molecular flexibility index (Phi) is 3.24. The number of Topliss-reactive ketones (excluding diaryl/α,β-unsaturated/α-hetero) is 1. The molecule has 2 aromatic heterocycles. The first-order chi connectivity index (χ1) is 8.11. The van der Waals surface area contributed by atoms with Crippen molar-refractivity contribution in [2.75, 3.05) is 0 Å². The molecule has 0 aliphatic carbocycles. The molecule has 2 aromatic rings. The van der Waals surface area contributed by atoms with Gasteiger partial charge in [0.2, 0.25) is 0 Å². The highest BCUT2D eigenvalue weighted by molar-refractivity contribution is 6.31. The Hall–Kier alpha value is -1.68. The van der Waals surface area contributed by atoms with Gasteiger partial charge in [0.1, 0.15) is 5.69 Å². The monoisotopic (exact) mass is 249 g/mol. The van der Waals surface area contributed by atoms with E-state index in [4.69, 9.17) is 11.6 Å². The van der Waals surface area contributed by atoms with Gasteiger partial charge >= 0.3 is 0 Å². The van der Waals surface area contributed by atoms with Crippen molar-refractivity contribution in [2.45, 2.75) is 20.3 Å². The second-order valence-electron chi connectivity index (χ2n) is 3.69. The molecule has 2 heterocycles. The van der Waals surface area contributed by atoms with Crippen LogP contribution in [0.15, 0.2) is 24.5 Å². The summed E-state index contributed by atoms with van der Waals surface area (Å²) in [6.45, 7) is 3.65. The van der Waals surface area contributed by atoms with Gasteiger partial charge in [0.15, 0.2) is 5.78 Å². The lowest BCUT2D eigenvalue weighted by Gasteiger charge is -2.01. The highest BCUT2D eigenvalue weighted by Crippen LogP contribution is 2.16. The van der Waals surface area contributed by atoms with E-state index < -0.39 is 0 Å². The zero-order valence-electron chi connectivity index (χ0n) is 9.64. The molecule has 0 bridgehead atoms. The smallest absolute Gasteiger partial charge is 0.180 e. The highest BCUT2D eigenvalue weighted by Gasteiger charge is 2.07. The van der Waals surface area contributed by atoms with Gasteiger partial charge < -0.3 is 0 Å². The van der Waals surface area contributed by atoms with Crippen molar-refractivity contribution in [2.24, 2.45) is 0 Å². The minimum atomic E-state index is 0.0335. The van der Waals surface area contributed by atoms with Gasteiger partial charge in [0.25, 0.3) is 0 Å². The first-order valence-corrected chi connectivity index (χ1v) is 5.71. The molecule has 0 spiro atoms. The third-order valence-corrected chi connectivity index (χ3v) is 2.83. The Morgan fingerprint density at radius 2 is 2.24 bits per heavy atom. The largest absolute Gasteiger partial charge is 0.292 e. The van der Waals surface area contributed by atoms with Crippen LogP contribution in [0.5, 0.6) is 0 Å². The first kappa shape index (κ1) is 11.8. The van der Waals surface area contributed by atoms with E-state index in [-0.39, 0.29) is 5.78 Å². The van der Waals surface area contributed by atoms with Gasteiger partial charge in [-0.1, -0.05) is 18.5 Å². The lowest BCUT2D eigenvalue weighted by atomic mass is 10.2. The standard InChI is InChI=1S/C12H12ClN3O/c1-3-12(17)11-5-4-9(6-14-11)16-7-10(13)8(2)15-16/h4-7H,3H2,1-2H3. The van der Waals surface area contributed by atoms with Crippen LogP contribution in [-0.4, -0.2) is 20.5 Å². The van der Waals surface area contributed by atoms with Gasteiger partial charge in [-0.3, -0.25) is 9.78 Å². The van der Waals surface area contributed by atoms with Crippen LogP contribution < -0.4 is 0 Å². The maximum Gasteiger partial charge on any atom is 0.180 e. The molecule has 17 heavy (non-hydrogen) atoms. The van der Waals surface area contributed by atoms with E-state index in [9.17, 15) is 4.79 Å². The molecule has 0 aliphatic heterocycles. The molecular weight excluding hydrogens is 238 g/mol. The average Bonchev–Trinajstić information content (AvgIpc) is 2.69. The normalized spacial score (nSPS) is 10.5. The number of pyridine rings is 1. The number of aromatic nitrogens is 3. The van der Waals surface area contributed by atoms with Crippen molar-refractivity contribution in [3.8, 4) is 5.69 Å². The molecule has 0 N–H and O–H groups in total. The number of hydrogen-bond donors (Lipinski definition) is 0. The molecule has 0 aromatic carbocycles. The van der Waals surface area contributed by atoms with E-state index in [0.29, 0.717) is 17.1 Å². The van der Waals surface area contributed by atoms with E-state index in [1.807, 2.05) is 13.8 Å². The Labute approximate surface area is 104 Å². The van der Waals surface area contributed by atoms with Gasteiger partial charge in [0.05, 0.1) is 22.6 Å². The van der Waals surface area contributed by atoms with Crippen molar-refractivity contribution < 1.29 is 4.79 Å². The van der Waals surface area contributed by atoms with Gasteiger partial charge in [-0.05, 0) is 19.1 Å². The van der Waals surface area contributed by atoms with Crippen LogP contribution >= 0.6 is 11.6 Å². The molecule has 0 amide bonds. The molecule has 0 saturated carbocycles. The SMILES string of the molecule is CCC(=O)c1ccc(-n2cc(Cl)c(C)n2)cn1. The molecule has 0 saturated heterocycles. The maximum atomic E-state index is 11.4. The minimum Gasteiger partial charge on any atom is -0.292 e. The quantitative estimate of drug-likeness (QED) is 0.786. The third-order valence-electron chi connectivity index (χ3n) is 2.46. The summed E-state index contributed by atoms with van der Waals surface area (Å²) in [6, 6.07) is 3.50. The Balaban J connectivity index is 2.32. The fourth-order valence-corrected chi connectivity index (χ4v) is 1.57. The molecule has 2 rings (SSSR count). The van der Waals surface area contributed by atoms with Crippen molar-refractivity contribution in [1.82, 2.24) is 14.8 Å². The number of carbonyl (C=O) groups excluding carboxylic acids is 1. The van der Waals surface area contributed by atoms with E-state index in [0.717, 1.165) is 11.4 Å². The fraction of sp³-hybridized carbons (Fsp3) is 0.250. The topological polar surface area (TPSA) is 47.8 Å². The number of ketones is 1. The zero-order valence-corrected chi connectivity index (χ0v) is 10.4. The third kappa shape index (κ3) is 2.36. The predicted octanol–water partition coefficient (Wildman–Crippen LogP) is 2.82. The van der Waals surface area contributed by atoms with Crippen molar-refractivity contribution >= 4 is 17.4 Å². The number of halogens is 1. The maximum absolute atomic E-state index is 11.4. The summed E-state index contributed by atoms with van der Waals surface area (Å²) in [5.41, 5.74) is 2.03. The molecule has 0 radical (unpaired) electrons. The van der Waals surface area contributed by atoms with Crippen LogP contribution in [-0.2, 0) is 0 Å². The van der Waals surface area contributed by atoms with Crippen molar-refractivity contribution in [3.63, 3.8) is 0 Å². The Morgan fingerprint density at radius 1 is 1.47 bits per heavy atom. The summed E-state index contributed by atoms with van der Waals surface area (Å²) in [5, 5.41) is 4.84. The van der Waals surface area contributed by atoms with Gasteiger partial charge in [-0.2, -0.15) is 5.10 Å². The van der Waals surface area contributed by atoms with E-state index in [2.05, 4.69) is 10.1 Å². The number of nitrogens with zero attached hydrogens (tertiary/aromatic N) is 3. The zero-order chi connectivity index (χ0) is 12.4. The number of rotatable bonds is 3. The first-order valence-electron chi connectivity index (χ1n) is 5.33. The molecule has 88 valence electrons. The number of aryl methyl sites for hydroxylation is 1. The number of hydrogen-bond acceptors (Lipinski definition) is 3. The van der Waals surface area contributed by atoms with E-state index >= 15 is 0 Å². The Morgan fingerprint density at radius 3 is 2.71 bits per heavy atom. The second kappa shape index (κ2) is 4.67. The molecule has 4 nitrogen and oxygen atoms in total. The van der Waals surface area contributed by atoms with Crippen molar-refractivity contribution in [1.29, 1.82) is 0 Å². The fourth-order valence-electron chi connectivity index (χ4n) is 1.44. The van der Waals surface area contributed by atoms with Crippen LogP contribution in [0.2, 0.25) is 5.02 Å². The van der Waals surface area contributed by atoms with Crippen LogP contribution in [0.1, 0.15) is 29.5 Å². The van der Waals surface area contributed by atoms with Crippen LogP contribution in [0, 0.1) is 6.92 Å². The average molecular weight is 250 g/mol. The lowest BCUT2D eigenvalue weighted by Crippen LogP contribution is -2.02. The van der Waals surface area contributed by atoms with Crippen molar-refractivity contribution in [3.05, 3.63) is 40.9 Å². The summed E-state index contributed by atoms with van der Waals surface area (Å²) < 4.78 is 1.64. The molecule has 0 atom stereocenters. The molecule has 0 aliphatic rings. The Bertz CT molecular complexity index is 526. The highest BCUT2D eigenvalue weighted by atomic mass is 35.5. The molecule has 5 heteroatoms. The molecule has 0 unspecified atom stereocenters. The summed E-state index contributed by atoms with van der Waals surface area (Å²) in [7, 11) is 0. The van der Waals surface area contributed by atoms with Gasteiger partial charge in [-0.15, -0.1) is 0 Å². The second-order valence-corrected chi connectivity index (χ2v) is 4.09. The van der Waals surface area contributed by atoms with E-state index in [1.165, 1.54) is 0 Å². The van der Waals surface area contributed by atoms with E-state index in [1.54, 1.807) is 29.2 Å². The van der Waals surface area contributed by atoms with Gasteiger partial charge in [-0.25, -0.2) is 4.68 Å². The lowest BCUT2D eigenvalue weighted by molar-refractivity contribution is 0.0983. The molecule has 0 fully saturated rings. The summed E-state index contributed by atoms with van der Waals surface area (Å²) in [5.74, 6) is 0.0335. The summed E-state index contributed by atoms with van der Waals surface area (Å²) >= 11 is 5.93. The summed E-state index contributed by atoms with van der Waals surface area (Å²) in [6.07, 6.45) is 3.79. The molecular formula is C12H12ClN3O. The summed E-state index contributed by atoms with van der Waals surface area (Å²) in [4.78, 5) is 15.5. The van der Waals surface area contributed by atoms with Crippen LogP contribution in [0.3, 0.4) is 0 Å². The predicted molar refractivity (Wildman–Crippen MR) is 65.7 cm³/mol. The number of carbonyl (C=O) groups is 1. The van der Waals surface area contributed by atoms with Gasteiger partial charge in [0, 0.05) is 12.6 Å². The minimum absolute atomic E-state index is 0.0335. The van der Waals surface area contributed by atoms with Crippen LogP contribution in [0.25, 0.3) is 5.69 Å². The van der Waals surface area contributed by atoms with Crippen LogP contribution in [0.4, 0.5) is 0 Å².